The number of rotatable bonds is 53. The van der Waals surface area contributed by atoms with Gasteiger partial charge >= 0.3 is 573 Å². The van der Waals surface area contributed by atoms with Crippen molar-refractivity contribution in [3.63, 3.8) is 0 Å². The zero-order valence-corrected chi connectivity index (χ0v) is 83.3. The summed E-state index contributed by atoms with van der Waals surface area (Å²) in [4.78, 5) is 52.5. The van der Waals surface area contributed by atoms with Crippen molar-refractivity contribution >= 4 is 160 Å². The molecule has 0 aliphatic carbocycles. The van der Waals surface area contributed by atoms with Crippen LogP contribution in [0.25, 0.3) is 0 Å². The molecule has 0 bridgehead atoms. The standard InChI is InChI=1S/C78H120O12Si5.8ClH.4Ru/c1-62(2)90-74-37-29-70(61-66(74)6)33-41-78(82)89-45-21-49-94(16,17)53-25-57-95(54-22-50-91(10,11)46-18-42-86-75(79)38-30-67-26-34-71(83-7)63(3)58-67,55-23-51-92(12,13)47-19-43-87-76(80)39-31-68-27-35-72(84-8)64(4)59-68)56-24-52-93(14,15)48-20-44-88-77(81)40-32-69-28-36-73(85-9)65(5)60-69;;;;;;;;;;;;/h3-6,26-29,34-37,58-62H,18-25,30-33,38-57H2,1-2,7-17H3;8*1H;;;;/q;;;;;;;;;4*+2/p-8. The van der Waals surface area contributed by atoms with Crippen molar-refractivity contribution in [3.05, 3.63) is 117 Å². The van der Waals surface area contributed by atoms with Crippen molar-refractivity contribution in [1.29, 1.82) is 0 Å². The van der Waals surface area contributed by atoms with Gasteiger partial charge in [-0.05, 0) is 0 Å². The molecule has 0 unspecified atom stereocenters. The van der Waals surface area contributed by atoms with Crippen molar-refractivity contribution in [2.75, 3.05) is 47.8 Å². The molecule has 0 radical (unpaired) electrons. The molecule has 0 N–H and O–H groups in total. The summed E-state index contributed by atoms with van der Waals surface area (Å²) in [6, 6.07) is 38.2. The average Bonchev–Trinajstić information content (AvgIpc) is 0.865. The number of esters is 4. The Morgan fingerprint density at radius 2 is 0.551 bits per heavy atom. The van der Waals surface area contributed by atoms with Gasteiger partial charge in [0, 0.05) is 0 Å². The molecule has 0 spiro atoms. The number of methoxy groups -OCH3 is 3. The Morgan fingerprint density at radius 3 is 0.766 bits per heavy atom. The van der Waals surface area contributed by atoms with E-state index in [1.165, 1.54) is 74.0 Å². The zero-order valence-electron chi connectivity index (χ0n) is 65.3. The van der Waals surface area contributed by atoms with Gasteiger partial charge < -0.3 is 0 Å². The molecule has 4 aromatic carbocycles. The zero-order chi connectivity index (χ0) is 79.2. The molecule has 0 fully saturated rings. The van der Waals surface area contributed by atoms with Gasteiger partial charge in [-0.1, -0.05) is 126 Å². The van der Waals surface area contributed by atoms with Crippen molar-refractivity contribution in [1.82, 2.24) is 0 Å². The molecule has 0 saturated heterocycles. The first-order valence-electron chi connectivity index (χ1n) is 37.3. The van der Waals surface area contributed by atoms with Gasteiger partial charge in [0.05, 0.1) is 8.07 Å². The maximum atomic E-state index is 13.2. The summed E-state index contributed by atoms with van der Waals surface area (Å²) in [6.07, 6.45) is 11.8. The van der Waals surface area contributed by atoms with E-state index in [0.29, 0.717) is 95.0 Å². The summed E-state index contributed by atoms with van der Waals surface area (Å²) in [6.45, 7) is 25.9. The first-order valence-corrected chi connectivity index (χ1v) is 75.7. The molecular weight excluding hydrogens is 1960 g/mol. The molecule has 0 aromatic heterocycles. The van der Waals surface area contributed by atoms with Crippen LogP contribution in [0.2, 0.25) is 125 Å². The number of halogens is 8. The molecule has 0 saturated carbocycles. The van der Waals surface area contributed by atoms with Crippen LogP contribution in [0.1, 0.15) is 135 Å². The van der Waals surface area contributed by atoms with Crippen LogP contribution in [-0.4, -0.2) is 137 Å². The third kappa shape index (κ3) is 43.2. The third-order valence-electron chi connectivity index (χ3n) is 19.8. The summed E-state index contributed by atoms with van der Waals surface area (Å²) < 4.78 is 53.5. The Kier molecular flexibility index (Phi) is 48.1. The normalized spacial score (nSPS) is 12.6. The third-order valence-corrected chi connectivity index (χ3v) is 46.5. The number of aryl methyl sites for hydroxylation is 4. The van der Waals surface area contributed by atoms with Crippen molar-refractivity contribution in [2.45, 2.75) is 248 Å². The topological polar surface area (TPSA) is 142 Å². The van der Waals surface area contributed by atoms with Crippen LogP contribution >= 0.6 is 77.5 Å². The number of carbonyl (C=O) groups is 4. The van der Waals surface area contributed by atoms with Crippen LogP contribution in [0, 0.1) is 0 Å². The summed E-state index contributed by atoms with van der Waals surface area (Å²) in [5, 5.41) is 0. The molecule has 0 atom stereocenters. The minimum atomic E-state index is -2.11. The predicted octanol–water partition coefficient (Wildman–Crippen LogP) is 23.2. The number of ether oxygens (including phenoxy) is 8. The second-order valence-corrected chi connectivity index (χ2v) is 80.6. The molecule has 0 amide bonds. The van der Waals surface area contributed by atoms with Crippen molar-refractivity contribution < 1.29 is 111 Å². The fourth-order valence-electron chi connectivity index (χ4n) is 13.8. The Labute approximate surface area is 699 Å². The monoisotopic (exact) mass is 2080 g/mol. The summed E-state index contributed by atoms with van der Waals surface area (Å²) >= 11 is -8.33. The predicted molar refractivity (Wildman–Crippen MR) is 456 cm³/mol. The molecular formula is C78H120Cl8O12Ru4Si5. The van der Waals surface area contributed by atoms with E-state index in [1.807, 2.05) is 105 Å². The Morgan fingerprint density at radius 1 is 0.336 bits per heavy atom. The second-order valence-electron chi connectivity index (χ2n) is 31.4. The van der Waals surface area contributed by atoms with Gasteiger partial charge in [-0.3, -0.25) is 0 Å². The number of carbonyl (C=O) groups excluding carboxylic acids is 4. The van der Waals surface area contributed by atoms with Gasteiger partial charge in [-0.15, -0.1) is 0 Å². The summed E-state index contributed by atoms with van der Waals surface area (Å²) in [5.74, 6) is 2.13. The van der Waals surface area contributed by atoms with Crippen LogP contribution in [0.15, 0.2) is 72.8 Å². The molecule has 4 aromatic rings. The van der Waals surface area contributed by atoms with E-state index in [0.717, 1.165) is 100 Å². The van der Waals surface area contributed by atoms with E-state index >= 15 is 0 Å². The first-order chi connectivity index (χ1) is 50.5. The molecule has 0 heterocycles. The van der Waals surface area contributed by atoms with Crippen LogP contribution in [-0.2, 0) is 118 Å². The molecule has 0 aliphatic rings. The van der Waals surface area contributed by atoms with Gasteiger partial charge in [-0.2, -0.15) is 0 Å². The molecule has 107 heavy (non-hydrogen) atoms. The minimum absolute atomic E-state index is 0.00323. The average molecular weight is 2080 g/mol. The molecule has 612 valence electrons. The van der Waals surface area contributed by atoms with E-state index in [2.05, 4.69) is 52.4 Å². The summed E-state index contributed by atoms with van der Waals surface area (Å²) in [5.41, 5.74) is 7.47. The molecule has 29 heteroatoms. The van der Waals surface area contributed by atoms with Gasteiger partial charge in [0.25, 0.3) is 0 Å². The van der Waals surface area contributed by atoms with Crippen LogP contribution in [0.4, 0.5) is 0 Å². The SMILES string of the molecule is COc1ccc(CCC(=O)OCCC[Si](C)(C)CCC[Si](CCC[Si](C)(C)CCCOC(=O)CCc2ccc(OC)c([CH]=[Ru]([Cl])[Cl])c2)(CCC[Si](C)(C)CCCOC(=O)CCc2ccc(OC)c([CH]=[Ru]([Cl])[Cl])c2)CCC[Si](C)(C)CCCOC(=O)CCc2ccc(OC(C)C)c([CH]=[Ru]([Cl])[Cl])c2)cc1[CH]=[Ru]([Cl])[Cl]. The van der Waals surface area contributed by atoms with E-state index < -0.39 is 94.4 Å². The quantitative estimate of drug-likeness (QED) is 0.0180. The second kappa shape index (κ2) is 52.1. The van der Waals surface area contributed by atoms with Gasteiger partial charge in [-0.25, -0.2) is 0 Å². The maximum absolute atomic E-state index is 13.2. The number of hydrogen-bond acceptors (Lipinski definition) is 12. The number of hydrogen-bond donors (Lipinski definition) is 0. The Bertz CT molecular complexity index is 3300. The Balaban J connectivity index is 1.48. The molecule has 4 rings (SSSR count). The van der Waals surface area contributed by atoms with Crippen molar-refractivity contribution in [3.8, 4) is 23.0 Å². The van der Waals surface area contributed by atoms with Crippen LogP contribution < -0.4 is 18.9 Å². The van der Waals surface area contributed by atoms with E-state index in [1.54, 1.807) is 21.3 Å². The molecule has 12 nitrogen and oxygen atoms in total. The summed E-state index contributed by atoms with van der Waals surface area (Å²) in [7, 11) is 46.1. The van der Waals surface area contributed by atoms with Crippen LogP contribution in [0.5, 0.6) is 23.0 Å². The van der Waals surface area contributed by atoms with Crippen LogP contribution in [0.3, 0.4) is 0 Å². The fraction of sp³-hybridized carbons (Fsp3) is 0.590. The molecule has 0 aliphatic heterocycles. The first kappa shape index (κ1) is 98.7. The van der Waals surface area contributed by atoms with Crippen molar-refractivity contribution in [2.24, 2.45) is 0 Å². The van der Waals surface area contributed by atoms with E-state index in [-0.39, 0.29) is 30.0 Å². The van der Waals surface area contributed by atoms with Gasteiger partial charge in [0.1, 0.15) is 0 Å². The Hall–Kier alpha value is -0.662. The fourth-order valence-corrected chi connectivity index (χ4v) is 37.5. The van der Waals surface area contributed by atoms with E-state index in [9.17, 15) is 19.2 Å². The number of benzene rings is 4. The van der Waals surface area contributed by atoms with Gasteiger partial charge in [0.2, 0.25) is 0 Å². The van der Waals surface area contributed by atoms with E-state index in [4.69, 9.17) is 115 Å². The van der Waals surface area contributed by atoms with Gasteiger partial charge in [0.15, 0.2) is 0 Å².